The SMILES string of the molecule is CCCOc1ccc(CN2CCC(NC(=O)NC(=O)c3ccccc3)CC2)cc1. The van der Waals surface area contributed by atoms with Crippen molar-refractivity contribution in [1.82, 2.24) is 15.5 Å². The molecule has 6 heteroatoms. The molecule has 6 nitrogen and oxygen atoms in total. The van der Waals surface area contributed by atoms with E-state index < -0.39 is 6.03 Å². The van der Waals surface area contributed by atoms with Crippen LogP contribution >= 0.6 is 0 Å². The number of nitrogens with one attached hydrogen (secondary N) is 2. The van der Waals surface area contributed by atoms with E-state index >= 15 is 0 Å². The van der Waals surface area contributed by atoms with Gasteiger partial charge in [-0.3, -0.25) is 15.0 Å². The number of nitrogens with zero attached hydrogens (tertiary/aromatic N) is 1. The second kappa shape index (κ2) is 10.6. The molecule has 0 aromatic heterocycles. The summed E-state index contributed by atoms with van der Waals surface area (Å²) in [4.78, 5) is 26.5. The number of hydrogen-bond acceptors (Lipinski definition) is 4. The van der Waals surface area contributed by atoms with Gasteiger partial charge >= 0.3 is 6.03 Å². The minimum absolute atomic E-state index is 0.0830. The Morgan fingerprint density at radius 1 is 1.03 bits per heavy atom. The Hall–Kier alpha value is -2.86. The lowest BCUT2D eigenvalue weighted by Gasteiger charge is -2.32. The molecule has 154 valence electrons. The molecule has 1 fully saturated rings. The molecule has 1 heterocycles. The number of imide groups is 1. The van der Waals surface area contributed by atoms with Gasteiger partial charge in [0.05, 0.1) is 6.61 Å². The molecule has 0 spiro atoms. The van der Waals surface area contributed by atoms with E-state index in [1.807, 2.05) is 18.2 Å². The topological polar surface area (TPSA) is 70.7 Å². The predicted molar refractivity (Wildman–Crippen MR) is 113 cm³/mol. The van der Waals surface area contributed by atoms with E-state index in [1.54, 1.807) is 24.3 Å². The number of ether oxygens (including phenoxy) is 1. The summed E-state index contributed by atoms with van der Waals surface area (Å²) in [7, 11) is 0. The fourth-order valence-electron chi connectivity index (χ4n) is 3.39. The number of rotatable bonds is 7. The molecule has 3 amide bonds. The maximum Gasteiger partial charge on any atom is 0.321 e. The number of amides is 3. The number of benzene rings is 2. The summed E-state index contributed by atoms with van der Waals surface area (Å²) in [6.07, 6.45) is 2.73. The zero-order valence-electron chi connectivity index (χ0n) is 16.9. The van der Waals surface area contributed by atoms with E-state index in [-0.39, 0.29) is 11.9 Å². The Morgan fingerprint density at radius 2 is 1.72 bits per heavy atom. The Labute approximate surface area is 172 Å². The smallest absolute Gasteiger partial charge is 0.321 e. The van der Waals surface area contributed by atoms with Gasteiger partial charge < -0.3 is 10.1 Å². The van der Waals surface area contributed by atoms with Crippen LogP contribution in [0, 0.1) is 0 Å². The van der Waals surface area contributed by atoms with Gasteiger partial charge in [-0.15, -0.1) is 0 Å². The first-order valence-electron chi connectivity index (χ1n) is 10.2. The molecule has 0 radical (unpaired) electrons. The first-order valence-corrected chi connectivity index (χ1v) is 10.2. The van der Waals surface area contributed by atoms with Crippen molar-refractivity contribution in [3.8, 4) is 5.75 Å². The molecule has 2 aromatic carbocycles. The van der Waals surface area contributed by atoms with Crippen LogP contribution in [0.5, 0.6) is 5.75 Å². The van der Waals surface area contributed by atoms with Crippen molar-refractivity contribution in [2.24, 2.45) is 0 Å². The second-order valence-corrected chi connectivity index (χ2v) is 7.34. The minimum Gasteiger partial charge on any atom is -0.494 e. The van der Waals surface area contributed by atoms with Crippen molar-refractivity contribution in [3.05, 3.63) is 65.7 Å². The van der Waals surface area contributed by atoms with Crippen molar-refractivity contribution in [2.45, 2.75) is 38.8 Å². The Bertz CT molecular complexity index is 785. The number of likely N-dealkylation sites (tertiary alicyclic amines) is 1. The van der Waals surface area contributed by atoms with Gasteiger partial charge in [-0.2, -0.15) is 0 Å². The third-order valence-corrected chi connectivity index (χ3v) is 4.99. The molecular formula is C23H29N3O3. The molecule has 3 rings (SSSR count). The van der Waals surface area contributed by atoms with Gasteiger partial charge in [0.1, 0.15) is 5.75 Å². The highest BCUT2D eigenvalue weighted by Gasteiger charge is 2.21. The van der Waals surface area contributed by atoms with Crippen molar-refractivity contribution in [2.75, 3.05) is 19.7 Å². The molecule has 29 heavy (non-hydrogen) atoms. The van der Waals surface area contributed by atoms with Gasteiger partial charge in [-0.1, -0.05) is 37.3 Å². The molecule has 1 aliphatic heterocycles. The Morgan fingerprint density at radius 3 is 2.38 bits per heavy atom. The van der Waals surface area contributed by atoms with Crippen molar-refractivity contribution < 1.29 is 14.3 Å². The van der Waals surface area contributed by atoms with Crippen LogP contribution in [-0.4, -0.2) is 42.6 Å². The summed E-state index contributed by atoms with van der Waals surface area (Å²) in [5.41, 5.74) is 1.73. The third-order valence-electron chi connectivity index (χ3n) is 4.99. The minimum atomic E-state index is -0.431. The van der Waals surface area contributed by atoms with Crippen LogP contribution in [0.2, 0.25) is 0 Å². The molecule has 0 bridgehead atoms. The van der Waals surface area contributed by atoms with E-state index in [4.69, 9.17) is 4.74 Å². The average molecular weight is 396 g/mol. The zero-order chi connectivity index (χ0) is 20.5. The van der Waals surface area contributed by atoms with E-state index in [2.05, 4.69) is 34.6 Å². The molecule has 1 saturated heterocycles. The monoisotopic (exact) mass is 395 g/mol. The van der Waals surface area contributed by atoms with Crippen molar-refractivity contribution in [1.29, 1.82) is 0 Å². The Balaban J connectivity index is 1.38. The van der Waals surface area contributed by atoms with Crippen molar-refractivity contribution >= 4 is 11.9 Å². The number of carbonyl (C=O) groups excluding carboxylic acids is 2. The molecule has 0 saturated carbocycles. The lowest BCUT2D eigenvalue weighted by atomic mass is 10.0. The van der Waals surface area contributed by atoms with E-state index in [0.29, 0.717) is 5.56 Å². The van der Waals surface area contributed by atoms with Crippen LogP contribution < -0.4 is 15.4 Å². The van der Waals surface area contributed by atoms with Crippen LogP contribution in [0.4, 0.5) is 4.79 Å². The number of carbonyl (C=O) groups is 2. The largest absolute Gasteiger partial charge is 0.494 e. The van der Waals surface area contributed by atoms with Gasteiger partial charge in [0, 0.05) is 31.2 Å². The third kappa shape index (κ3) is 6.61. The molecule has 2 N–H and O–H groups in total. The number of piperidine rings is 1. The summed E-state index contributed by atoms with van der Waals surface area (Å²) >= 11 is 0. The first-order chi connectivity index (χ1) is 14.1. The quantitative estimate of drug-likeness (QED) is 0.752. The lowest BCUT2D eigenvalue weighted by molar-refractivity contribution is 0.0961. The lowest BCUT2D eigenvalue weighted by Crippen LogP contribution is -2.49. The maximum absolute atomic E-state index is 12.1. The highest BCUT2D eigenvalue weighted by atomic mass is 16.5. The summed E-state index contributed by atoms with van der Waals surface area (Å²) in [6, 6.07) is 16.7. The van der Waals surface area contributed by atoms with Gasteiger partial charge in [0.25, 0.3) is 5.91 Å². The van der Waals surface area contributed by atoms with Crippen LogP contribution in [0.1, 0.15) is 42.1 Å². The predicted octanol–water partition coefficient (Wildman–Crippen LogP) is 3.58. The highest BCUT2D eigenvalue weighted by Crippen LogP contribution is 2.17. The normalized spacial score (nSPS) is 14.9. The molecule has 2 aromatic rings. The van der Waals surface area contributed by atoms with Gasteiger partial charge in [-0.05, 0) is 49.1 Å². The summed E-state index contributed by atoms with van der Waals surface area (Å²) in [5, 5.41) is 5.32. The molecular weight excluding hydrogens is 366 g/mol. The standard InChI is InChI=1S/C23H29N3O3/c1-2-16-29-21-10-8-18(9-11-21)17-26-14-12-20(13-15-26)24-23(28)25-22(27)19-6-4-3-5-7-19/h3-11,20H,2,12-17H2,1H3,(H2,24,25,27,28). The van der Waals surface area contributed by atoms with Gasteiger partial charge in [0.2, 0.25) is 0 Å². The summed E-state index contributed by atoms with van der Waals surface area (Å²) in [5.74, 6) is 0.529. The van der Waals surface area contributed by atoms with E-state index in [9.17, 15) is 9.59 Å². The summed E-state index contributed by atoms with van der Waals surface area (Å²) < 4.78 is 5.62. The number of urea groups is 1. The molecule has 0 unspecified atom stereocenters. The van der Waals surface area contributed by atoms with Crippen LogP contribution in [0.15, 0.2) is 54.6 Å². The van der Waals surface area contributed by atoms with Gasteiger partial charge in [-0.25, -0.2) is 4.79 Å². The molecule has 1 aliphatic rings. The fourth-order valence-corrected chi connectivity index (χ4v) is 3.39. The van der Waals surface area contributed by atoms with Crippen molar-refractivity contribution in [3.63, 3.8) is 0 Å². The zero-order valence-corrected chi connectivity index (χ0v) is 16.9. The van der Waals surface area contributed by atoms with Crippen LogP contribution in [0.25, 0.3) is 0 Å². The molecule has 0 atom stereocenters. The average Bonchev–Trinajstić information content (AvgIpc) is 2.75. The van der Waals surface area contributed by atoms with Gasteiger partial charge in [0.15, 0.2) is 0 Å². The molecule has 0 aliphatic carbocycles. The first kappa shape index (κ1) is 20.9. The Kier molecular flexibility index (Phi) is 7.64. The second-order valence-electron chi connectivity index (χ2n) is 7.34. The van der Waals surface area contributed by atoms with E-state index in [1.165, 1.54) is 5.56 Å². The fraction of sp³-hybridized carbons (Fsp3) is 0.391. The maximum atomic E-state index is 12.1. The number of hydrogen-bond donors (Lipinski definition) is 2. The van der Waals surface area contributed by atoms with E-state index in [0.717, 1.165) is 51.3 Å². The summed E-state index contributed by atoms with van der Waals surface area (Å²) in [6.45, 7) is 5.54. The van der Waals surface area contributed by atoms with Crippen LogP contribution in [-0.2, 0) is 6.54 Å². The van der Waals surface area contributed by atoms with Crippen LogP contribution in [0.3, 0.4) is 0 Å². The highest BCUT2D eigenvalue weighted by molar-refractivity contribution is 6.04.